The fourth-order valence-corrected chi connectivity index (χ4v) is 3.34. The molecule has 2 aromatic rings. The lowest BCUT2D eigenvalue weighted by molar-refractivity contribution is -0.281. The maximum Gasteiger partial charge on any atom is 0.432 e. The maximum atomic E-state index is 14.2. The molecule has 1 N–H and O–H groups in total. The van der Waals surface area contributed by atoms with E-state index in [4.69, 9.17) is 9.47 Å². The predicted octanol–water partition coefficient (Wildman–Crippen LogP) is 4.16. The lowest BCUT2D eigenvalue weighted by Crippen LogP contribution is -2.54. The van der Waals surface area contributed by atoms with Gasteiger partial charge in [0, 0.05) is 19.7 Å². The molecule has 2 rings (SSSR count). The zero-order valence-electron chi connectivity index (χ0n) is 17.7. The lowest BCUT2D eigenvalue weighted by atomic mass is 9.90. The summed E-state index contributed by atoms with van der Waals surface area (Å²) in [5.74, 6) is -2.08. The highest BCUT2D eigenvalue weighted by molar-refractivity contribution is 5.84. The van der Waals surface area contributed by atoms with Crippen molar-refractivity contribution in [2.45, 2.75) is 43.6 Å². The molecule has 2 aromatic carbocycles. The number of hydrogen-bond donors (Lipinski definition) is 1. The standard InChI is InChI=1S/C23H26F3NO4/c1-21(16-19(28)27-2,15-14-17-10-6-4-7-11-17)31-20(29)22(30-3,23(24,25)26)18-12-8-5-9-13-18/h4-13H,14-16H2,1-3H3,(H,27,28)/t21-,22+/m0/s1. The summed E-state index contributed by atoms with van der Waals surface area (Å²) >= 11 is 0. The van der Waals surface area contributed by atoms with Crippen molar-refractivity contribution in [2.24, 2.45) is 0 Å². The van der Waals surface area contributed by atoms with E-state index in [0.717, 1.165) is 24.8 Å². The Morgan fingerprint density at radius 2 is 1.52 bits per heavy atom. The number of ether oxygens (including phenoxy) is 2. The first-order valence-electron chi connectivity index (χ1n) is 9.73. The van der Waals surface area contributed by atoms with E-state index in [1.165, 1.54) is 32.2 Å². The molecule has 5 nitrogen and oxygen atoms in total. The Bertz CT molecular complexity index is 873. The first-order chi connectivity index (χ1) is 14.6. The van der Waals surface area contributed by atoms with Gasteiger partial charge in [-0.1, -0.05) is 60.7 Å². The monoisotopic (exact) mass is 437 g/mol. The minimum Gasteiger partial charge on any atom is -0.456 e. The van der Waals surface area contributed by atoms with Crippen LogP contribution in [0.1, 0.15) is 30.9 Å². The fraction of sp³-hybridized carbons (Fsp3) is 0.391. The van der Waals surface area contributed by atoms with Crippen molar-refractivity contribution >= 4 is 11.9 Å². The van der Waals surface area contributed by atoms with Crippen LogP contribution in [0.25, 0.3) is 0 Å². The van der Waals surface area contributed by atoms with Crippen molar-refractivity contribution in [1.82, 2.24) is 5.32 Å². The van der Waals surface area contributed by atoms with Crippen molar-refractivity contribution in [3.05, 3.63) is 71.8 Å². The quantitative estimate of drug-likeness (QED) is 0.599. The fourth-order valence-electron chi connectivity index (χ4n) is 3.34. The molecule has 168 valence electrons. The van der Waals surface area contributed by atoms with E-state index in [1.54, 1.807) is 0 Å². The number of benzene rings is 2. The number of amides is 1. The van der Waals surface area contributed by atoms with Crippen LogP contribution >= 0.6 is 0 Å². The zero-order valence-corrected chi connectivity index (χ0v) is 17.7. The average Bonchev–Trinajstić information content (AvgIpc) is 2.73. The molecule has 0 bridgehead atoms. The van der Waals surface area contributed by atoms with Gasteiger partial charge in [0.25, 0.3) is 5.60 Å². The number of methoxy groups -OCH3 is 1. The molecular formula is C23H26F3NO4. The number of carbonyl (C=O) groups is 2. The van der Waals surface area contributed by atoms with E-state index in [0.29, 0.717) is 6.42 Å². The van der Waals surface area contributed by atoms with E-state index >= 15 is 0 Å². The molecule has 0 spiro atoms. The molecule has 0 radical (unpaired) electrons. The Hall–Kier alpha value is -2.87. The van der Waals surface area contributed by atoms with E-state index in [1.807, 2.05) is 30.3 Å². The van der Waals surface area contributed by atoms with Crippen LogP contribution in [0.15, 0.2) is 60.7 Å². The van der Waals surface area contributed by atoms with Crippen molar-refractivity contribution < 1.29 is 32.2 Å². The Morgan fingerprint density at radius 3 is 2.00 bits per heavy atom. The SMILES string of the molecule is CNC(=O)C[C@](C)(CCc1ccccc1)OC(=O)[C@](OC)(c1ccccc1)C(F)(F)F. The lowest BCUT2D eigenvalue weighted by Gasteiger charge is -2.37. The molecule has 0 aliphatic carbocycles. The van der Waals surface area contributed by atoms with Gasteiger partial charge >= 0.3 is 12.1 Å². The van der Waals surface area contributed by atoms with E-state index in [9.17, 15) is 22.8 Å². The Kier molecular flexibility index (Phi) is 7.84. The highest BCUT2D eigenvalue weighted by Crippen LogP contribution is 2.44. The van der Waals surface area contributed by atoms with Gasteiger partial charge in [0.1, 0.15) is 5.60 Å². The van der Waals surface area contributed by atoms with Gasteiger partial charge in [-0.05, 0) is 25.3 Å². The number of halogens is 3. The van der Waals surface area contributed by atoms with Gasteiger partial charge in [0.05, 0.1) is 6.42 Å². The molecule has 2 atom stereocenters. The van der Waals surface area contributed by atoms with Crippen LogP contribution in [0.3, 0.4) is 0 Å². The minimum absolute atomic E-state index is 0.141. The molecule has 0 aliphatic rings. The van der Waals surface area contributed by atoms with Gasteiger partial charge in [-0.25, -0.2) is 4.79 Å². The van der Waals surface area contributed by atoms with Gasteiger partial charge < -0.3 is 14.8 Å². The Balaban J connectivity index is 2.39. The molecule has 0 aliphatic heterocycles. The highest BCUT2D eigenvalue weighted by Gasteiger charge is 2.64. The van der Waals surface area contributed by atoms with E-state index in [-0.39, 0.29) is 12.8 Å². The number of carbonyl (C=O) groups excluding carboxylic acids is 2. The normalized spacial score (nSPS) is 15.4. The first-order valence-corrected chi connectivity index (χ1v) is 9.73. The van der Waals surface area contributed by atoms with Gasteiger partial charge in [0.15, 0.2) is 0 Å². The Labute approximate surface area is 179 Å². The smallest absolute Gasteiger partial charge is 0.432 e. The summed E-state index contributed by atoms with van der Waals surface area (Å²) in [6.07, 6.45) is -4.84. The van der Waals surface area contributed by atoms with Crippen molar-refractivity contribution in [3.8, 4) is 0 Å². The summed E-state index contributed by atoms with van der Waals surface area (Å²) in [6.45, 7) is 1.45. The van der Waals surface area contributed by atoms with E-state index in [2.05, 4.69) is 5.32 Å². The van der Waals surface area contributed by atoms with Gasteiger partial charge in [-0.2, -0.15) is 13.2 Å². The number of alkyl halides is 3. The third kappa shape index (κ3) is 5.64. The molecular weight excluding hydrogens is 411 g/mol. The summed E-state index contributed by atoms with van der Waals surface area (Å²) in [6, 6.07) is 15.8. The minimum atomic E-state index is -5.09. The van der Waals surface area contributed by atoms with Crippen LogP contribution in [-0.4, -0.2) is 37.8 Å². The summed E-state index contributed by atoms with van der Waals surface area (Å²) in [5, 5.41) is 2.42. The van der Waals surface area contributed by atoms with Crippen LogP contribution in [0.2, 0.25) is 0 Å². The molecule has 0 heterocycles. The van der Waals surface area contributed by atoms with Crippen LogP contribution in [0.5, 0.6) is 0 Å². The van der Waals surface area contributed by atoms with E-state index < -0.39 is 34.8 Å². The van der Waals surface area contributed by atoms with Crippen LogP contribution in [0.4, 0.5) is 13.2 Å². The third-order valence-electron chi connectivity index (χ3n) is 5.11. The van der Waals surface area contributed by atoms with Crippen molar-refractivity contribution in [1.29, 1.82) is 0 Å². The summed E-state index contributed by atoms with van der Waals surface area (Å²) in [7, 11) is 2.21. The largest absolute Gasteiger partial charge is 0.456 e. The molecule has 0 saturated carbocycles. The van der Waals surface area contributed by atoms with Crippen LogP contribution in [-0.2, 0) is 31.1 Å². The number of nitrogens with one attached hydrogen (secondary N) is 1. The van der Waals surface area contributed by atoms with Gasteiger partial charge in [0.2, 0.25) is 5.91 Å². The number of aryl methyl sites for hydroxylation is 1. The molecule has 1 amide bonds. The summed E-state index contributed by atoms with van der Waals surface area (Å²) < 4.78 is 52.7. The van der Waals surface area contributed by atoms with Crippen molar-refractivity contribution in [2.75, 3.05) is 14.2 Å². The summed E-state index contributed by atoms with van der Waals surface area (Å²) in [4.78, 5) is 25.1. The van der Waals surface area contributed by atoms with Gasteiger partial charge in [-0.15, -0.1) is 0 Å². The number of rotatable bonds is 9. The molecule has 0 unspecified atom stereocenters. The second-order valence-corrected chi connectivity index (χ2v) is 7.42. The highest BCUT2D eigenvalue weighted by atomic mass is 19.4. The third-order valence-corrected chi connectivity index (χ3v) is 5.11. The number of hydrogen-bond acceptors (Lipinski definition) is 4. The maximum absolute atomic E-state index is 14.2. The topological polar surface area (TPSA) is 64.6 Å². The molecule has 0 aromatic heterocycles. The first kappa shape index (κ1) is 24.4. The summed E-state index contributed by atoms with van der Waals surface area (Å²) in [5.41, 5.74) is -4.30. The molecule has 8 heteroatoms. The van der Waals surface area contributed by atoms with Crippen molar-refractivity contribution in [3.63, 3.8) is 0 Å². The number of esters is 1. The second-order valence-electron chi connectivity index (χ2n) is 7.42. The second kappa shape index (κ2) is 9.96. The average molecular weight is 437 g/mol. The molecule has 0 fully saturated rings. The zero-order chi connectivity index (χ0) is 23.1. The Morgan fingerprint density at radius 1 is 0.968 bits per heavy atom. The molecule has 0 saturated heterocycles. The predicted molar refractivity (Wildman–Crippen MR) is 109 cm³/mol. The molecule has 31 heavy (non-hydrogen) atoms. The van der Waals surface area contributed by atoms with Crippen LogP contribution in [0, 0.1) is 0 Å². The van der Waals surface area contributed by atoms with Crippen LogP contribution < -0.4 is 5.32 Å². The van der Waals surface area contributed by atoms with Gasteiger partial charge in [-0.3, -0.25) is 4.79 Å².